The molecule has 1 aliphatic heterocycles. The van der Waals surface area contributed by atoms with Crippen molar-refractivity contribution in [2.75, 3.05) is 6.54 Å². The topological polar surface area (TPSA) is 72.1 Å². The molecule has 126 valence electrons. The SMILES string of the molecule is Cc1cc([C@H]2CCCN2C(=O)c2cnc(-c3ccccc3)nc2)no1. The van der Waals surface area contributed by atoms with Crippen LogP contribution in [0.1, 0.15) is 40.7 Å². The third-order valence-corrected chi connectivity index (χ3v) is 4.43. The van der Waals surface area contributed by atoms with Gasteiger partial charge in [-0.15, -0.1) is 0 Å². The number of hydrogen-bond acceptors (Lipinski definition) is 5. The van der Waals surface area contributed by atoms with Crippen molar-refractivity contribution in [1.82, 2.24) is 20.0 Å². The molecule has 3 aromatic rings. The van der Waals surface area contributed by atoms with Gasteiger partial charge >= 0.3 is 0 Å². The van der Waals surface area contributed by atoms with Crippen LogP contribution < -0.4 is 0 Å². The minimum Gasteiger partial charge on any atom is -0.361 e. The van der Waals surface area contributed by atoms with Gasteiger partial charge in [0.25, 0.3) is 5.91 Å². The van der Waals surface area contributed by atoms with Crippen LogP contribution in [0.5, 0.6) is 0 Å². The molecule has 1 aliphatic rings. The van der Waals surface area contributed by atoms with Gasteiger partial charge < -0.3 is 9.42 Å². The van der Waals surface area contributed by atoms with Crippen molar-refractivity contribution in [2.24, 2.45) is 0 Å². The Morgan fingerprint density at radius 2 is 1.96 bits per heavy atom. The van der Waals surface area contributed by atoms with Gasteiger partial charge in [0.15, 0.2) is 5.82 Å². The number of carbonyl (C=O) groups excluding carboxylic acids is 1. The summed E-state index contributed by atoms with van der Waals surface area (Å²) in [5, 5.41) is 4.08. The first kappa shape index (κ1) is 15.5. The Labute approximate surface area is 145 Å². The Morgan fingerprint density at radius 1 is 1.20 bits per heavy atom. The molecule has 1 aromatic carbocycles. The highest BCUT2D eigenvalue weighted by atomic mass is 16.5. The molecule has 1 atom stereocenters. The molecule has 0 saturated carbocycles. The maximum atomic E-state index is 12.9. The van der Waals surface area contributed by atoms with E-state index in [4.69, 9.17) is 4.52 Å². The van der Waals surface area contributed by atoms with E-state index in [0.717, 1.165) is 29.9 Å². The van der Waals surface area contributed by atoms with Crippen molar-refractivity contribution in [3.05, 3.63) is 65.8 Å². The van der Waals surface area contributed by atoms with Crippen LogP contribution in [0.15, 0.2) is 53.3 Å². The predicted octanol–water partition coefficient (Wildman–Crippen LogP) is 3.42. The lowest BCUT2D eigenvalue weighted by atomic mass is 10.1. The average molecular weight is 334 g/mol. The number of benzene rings is 1. The first-order valence-corrected chi connectivity index (χ1v) is 8.34. The second-order valence-corrected chi connectivity index (χ2v) is 6.18. The summed E-state index contributed by atoms with van der Waals surface area (Å²) in [7, 11) is 0. The number of carbonyl (C=O) groups is 1. The molecule has 6 nitrogen and oxygen atoms in total. The third-order valence-electron chi connectivity index (χ3n) is 4.43. The second kappa shape index (κ2) is 6.47. The van der Waals surface area contributed by atoms with Crippen LogP contribution >= 0.6 is 0 Å². The Bertz CT molecular complexity index is 874. The van der Waals surface area contributed by atoms with E-state index < -0.39 is 0 Å². The fourth-order valence-corrected chi connectivity index (χ4v) is 3.20. The average Bonchev–Trinajstić information content (AvgIpc) is 3.31. The summed E-state index contributed by atoms with van der Waals surface area (Å²) in [6.07, 6.45) is 5.04. The molecule has 0 radical (unpaired) electrons. The molecule has 2 aromatic heterocycles. The number of amides is 1. The van der Waals surface area contributed by atoms with Crippen molar-refractivity contribution >= 4 is 5.91 Å². The van der Waals surface area contributed by atoms with Crippen LogP contribution in [0, 0.1) is 6.92 Å². The molecular weight excluding hydrogens is 316 g/mol. The van der Waals surface area contributed by atoms with Crippen molar-refractivity contribution in [3.8, 4) is 11.4 Å². The molecule has 25 heavy (non-hydrogen) atoms. The fourth-order valence-electron chi connectivity index (χ4n) is 3.20. The van der Waals surface area contributed by atoms with Crippen molar-refractivity contribution in [2.45, 2.75) is 25.8 Å². The van der Waals surface area contributed by atoms with Gasteiger partial charge in [0.05, 0.1) is 11.6 Å². The van der Waals surface area contributed by atoms with E-state index in [0.29, 0.717) is 17.9 Å². The van der Waals surface area contributed by atoms with E-state index in [1.165, 1.54) is 0 Å². The Morgan fingerprint density at radius 3 is 2.64 bits per heavy atom. The zero-order valence-electron chi connectivity index (χ0n) is 13.9. The van der Waals surface area contributed by atoms with Crippen molar-refractivity contribution < 1.29 is 9.32 Å². The summed E-state index contributed by atoms with van der Waals surface area (Å²) < 4.78 is 5.16. The summed E-state index contributed by atoms with van der Waals surface area (Å²) in [4.78, 5) is 23.4. The van der Waals surface area contributed by atoms with Gasteiger partial charge in [0, 0.05) is 30.6 Å². The first-order chi connectivity index (χ1) is 12.2. The number of hydrogen-bond donors (Lipinski definition) is 0. The zero-order valence-corrected chi connectivity index (χ0v) is 13.9. The molecule has 1 amide bonds. The number of rotatable bonds is 3. The van der Waals surface area contributed by atoms with Crippen LogP contribution in [0.2, 0.25) is 0 Å². The van der Waals surface area contributed by atoms with E-state index in [9.17, 15) is 4.79 Å². The normalized spacial score (nSPS) is 17.0. The minimum absolute atomic E-state index is 0.0428. The van der Waals surface area contributed by atoms with Crippen LogP contribution in [-0.4, -0.2) is 32.5 Å². The number of nitrogens with zero attached hydrogens (tertiary/aromatic N) is 4. The predicted molar refractivity (Wildman–Crippen MR) is 91.7 cm³/mol. The summed E-state index contributed by atoms with van der Waals surface area (Å²) in [6.45, 7) is 2.56. The number of aromatic nitrogens is 3. The summed E-state index contributed by atoms with van der Waals surface area (Å²) in [5.41, 5.74) is 2.23. The van der Waals surface area contributed by atoms with Gasteiger partial charge in [-0.2, -0.15) is 0 Å². The highest BCUT2D eigenvalue weighted by Gasteiger charge is 2.32. The molecule has 0 N–H and O–H groups in total. The molecular formula is C19H18N4O2. The van der Waals surface area contributed by atoms with E-state index >= 15 is 0 Å². The molecule has 0 aliphatic carbocycles. The molecule has 0 bridgehead atoms. The Balaban J connectivity index is 1.56. The van der Waals surface area contributed by atoms with E-state index in [-0.39, 0.29) is 11.9 Å². The zero-order chi connectivity index (χ0) is 17.2. The molecule has 4 rings (SSSR count). The molecule has 3 heterocycles. The highest BCUT2D eigenvalue weighted by Crippen LogP contribution is 2.32. The third kappa shape index (κ3) is 3.03. The van der Waals surface area contributed by atoms with Crippen LogP contribution in [0.3, 0.4) is 0 Å². The number of likely N-dealkylation sites (tertiary alicyclic amines) is 1. The van der Waals surface area contributed by atoms with Crippen LogP contribution in [0.25, 0.3) is 11.4 Å². The van der Waals surface area contributed by atoms with Gasteiger partial charge in [0.2, 0.25) is 0 Å². The van der Waals surface area contributed by atoms with Crippen molar-refractivity contribution in [3.63, 3.8) is 0 Å². The highest BCUT2D eigenvalue weighted by molar-refractivity contribution is 5.94. The monoisotopic (exact) mass is 334 g/mol. The lowest BCUT2D eigenvalue weighted by Gasteiger charge is -2.22. The van der Waals surface area contributed by atoms with E-state index in [1.54, 1.807) is 12.4 Å². The Kier molecular flexibility index (Phi) is 4.01. The van der Waals surface area contributed by atoms with Gasteiger partial charge in [-0.1, -0.05) is 35.5 Å². The smallest absolute Gasteiger partial charge is 0.257 e. The summed E-state index contributed by atoms with van der Waals surface area (Å²) in [5.74, 6) is 1.30. The molecule has 0 unspecified atom stereocenters. The second-order valence-electron chi connectivity index (χ2n) is 6.18. The van der Waals surface area contributed by atoms with E-state index in [1.807, 2.05) is 48.2 Å². The van der Waals surface area contributed by atoms with Gasteiger partial charge in [-0.25, -0.2) is 9.97 Å². The van der Waals surface area contributed by atoms with Gasteiger partial charge in [0.1, 0.15) is 11.5 Å². The van der Waals surface area contributed by atoms with Crippen LogP contribution in [-0.2, 0) is 0 Å². The lowest BCUT2D eigenvalue weighted by Crippen LogP contribution is -2.31. The van der Waals surface area contributed by atoms with Crippen molar-refractivity contribution in [1.29, 1.82) is 0 Å². The Hall–Kier alpha value is -3.02. The molecule has 1 fully saturated rings. The van der Waals surface area contributed by atoms with Crippen LogP contribution in [0.4, 0.5) is 0 Å². The van der Waals surface area contributed by atoms with E-state index in [2.05, 4.69) is 15.1 Å². The molecule has 6 heteroatoms. The fraction of sp³-hybridized carbons (Fsp3) is 0.263. The van der Waals surface area contributed by atoms with Gasteiger partial charge in [-0.3, -0.25) is 4.79 Å². The largest absolute Gasteiger partial charge is 0.361 e. The maximum absolute atomic E-state index is 12.9. The molecule has 0 spiro atoms. The molecule has 1 saturated heterocycles. The quantitative estimate of drug-likeness (QED) is 0.734. The minimum atomic E-state index is -0.0669. The first-order valence-electron chi connectivity index (χ1n) is 8.34. The number of aryl methyl sites for hydroxylation is 1. The summed E-state index contributed by atoms with van der Waals surface area (Å²) >= 11 is 0. The maximum Gasteiger partial charge on any atom is 0.257 e. The van der Waals surface area contributed by atoms with Gasteiger partial charge in [-0.05, 0) is 19.8 Å². The lowest BCUT2D eigenvalue weighted by molar-refractivity contribution is 0.0730. The standard InChI is InChI=1S/C19H18N4O2/c1-13-10-16(22-25-13)17-8-5-9-23(17)19(24)15-11-20-18(21-12-15)14-6-3-2-4-7-14/h2-4,6-7,10-12,17H,5,8-9H2,1H3/t17-/m1/s1. The summed E-state index contributed by atoms with van der Waals surface area (Å²) in [6, 6.07) is 11.6.